The van der Waals surface area contributed by atoms with E-state index >= 15 is 0 Å². The van der Waals surface area contributed by atoms with E-state index in [9.17, 15) is 0 Å². The van der Waals surface area contributed by atoms with E-state index in [1.54, 1.807) is 6.20 Å². The zero-order chi connectivity index (χ0) is 13.8. The molecule has 0 aliphatic carbocycles. The number of nitrogens with two attached hydrogens (primary N) is 1. The Bertz CT molecular complexity index is 456. The van der Waals surface area contributed by atoms with Gasteiger partial charge in [-0.2, -0.15) is 11.8 Å². The lowest BCUT2D eigenvalue weighted by Gasteiger charge is -2.34. The van der Waals surface area contributed by atoms with Crippen LogP contribution in [-0.4, -0.2) is 44.5 Å². The monoisotopic (exact) mass is 280 g/mol. The average molecular weight is 280 g/mol. The molecule has 2 heterocycles. The zero-order valence-corrected chi connectivity index (χ0v) is 12.1. The van der Waals surface area contributed by atoms with E-state index < -0.39 is 0 Å². The molecule has 0 saturated carbocycles. The van der Waals surface area contributed by atoms with Gasteiger partial charge in [0.2, 0.25) is 0 Å². The summed E-state index contributed by atoms with van der Waals surface area (Å²) in [5.41, 5.74) is 7.22. The van der Waals surface area contributed by atoms with Gasteiger partial charge in [-0.3, -0.25) is 9.88 Å². The predicted octanol–water partition coefficient (Wildman–Crippen LogP) is 1.50. The molecule has 2 atom stereocenters. The lowest BCUT2D eigenvalue weighted by Crippen LogP contribution is -2.39. The molecule has 0 bridgehead atoms. The van der Waals surface area contributed by atoms with Crippen LogP contribution in [0.15, 0.2) is 23.5 Å². The largest absolute Gasteiger partial charge is 0.409 e. The minimum Gasteiger partial charge on any atom is -0.409 e. The second-order valence-electron chi connectivity index (χ2n) is 4.99. The van der Waals surface area contributed by atoms with Crippen LogP contribution >= 0.6 is 11.8 Å². The van der Waals surface area contributed by atoms with Crippen LogP contribution in [-0.2, 0) is 6.54 Å². The van der Waals surface area contributed by atoms with Gasteiger partial charge < -0.3 is 10.9 Å². The molecule has 0 aromatic carbocycles. The van der Waals surface area contributed by atoms with Crippen molar-refractivity contribution in [2.24, 2.45) is 10.9 Å². The maximum absolute atomic E-state index is 8.68. The average Bonchev–Trinajstić information content (AvgIpc) is 2.37. The highest BCUT2D eigenvalue weighted by atomic mass is 32.2. The van der Waals surface area contributed by atoms with Crippen molar-refractivity contribution >= 4 is 17.6 Å². The second kappa shape index (κ2) is 6.25. The van der Waals surface area contributed by atoms with Crippen LogP contribution < -0.4 is 5.73 Å². The normalized spacial score (nSPS) is 25.5. The third kappa shape index (κ3) is 3.84. The summed E-state index contributed by atoms with van der Waals surface area (Å²) >= 11 is 2.04. The third-order valence-corrected chi connectivity index (χ3v) is 4.32. The number of oxime groups is 1. The van der Waals surface area contributed by atoms with Crippen molar-refractivity contribution in [3.05, 3.63) is 29.6 Å². The number of aromatic nitrogens is 1. The highest BCUT2D eigenvalue weighted by Crippen LogP contribution is 2.25. The van der Waals surface area contributed by atoms with Gasteiger partial charge in [0.15, 0.2) is 5.84 Å². The van der Waals surface area contributed by atoms with Gasteiger partial charge in [0.05, 0.1) is 0 Å². The van der Waals surface area contributed by atoms with Crippen molar-refractivity contribution in [2.75, 3.05) is 13.1 Å². The minimum atomic E-state index is 0.0535. The number of hydrogen-bond acceptors (Lipinski definition) is 5. The molecule has 1 aromatic rings. The lowest BCUT2D eigenvalue weighted by atomic mass is 10.2. The molecule has 104 valence electrons. The fourth-order valence-electron chi connectivity index (χ4n) is 2.44. The Labute approximate surface area is 117 Å². The van der Waals surface area contributed by atoms with E-state index in [0.717, 1.165) is 25.2 Å². The summed E-state index contributed by atoms with van der Waals surface area (Å²) < 4.78 is 0. The molecule has 3 N–H and O–H groups in total. The summed E-state index contributed by atoms with van der Waals surface area (Å²) in [6, 6.07) is 3.86. The van der Waals surface area contributed by atoms with Gasteiger partial charge in [-0.05, 0) is 17.7 Å². The number of nitrogens with zero attached hydrogens (tertiary/aromatic N) is 3. The van der Waals surface area contributed by atoms with Crippen molar-refractivity contribution in [3.63, 3.8) is 0 Å². The summed E-state index contributed by atoms with van der Waals surface area (Å²) in [4.78, 5) is 6.54. The van der Waals surface area contributed by atoms with Crippen LogP contribution in [0.4, 0.5) is 0 Å². The van der Waals surface area contributed by atoms with Crippen LogP contribution in [0.1, 0.15) is 25.1 Å². The number of amidine groups is 1. The Balaban J connectivity index is 2.06. The standard InChI is InChI=1S/C13H20N4OS/c1-9-6-17(7-10(2)19-9)8-11-3-4-15-12(5-11)13(14)16-18/h3-5,9-10,18H,6-8H2,1-2H3,(H2,14,16). The number of pyridine rings is 1. The molecule has 1 aliphatic rings. The molecule has 0 amide bonds. The number of thioether (sulfide) groups is 1. The SMILES string of the molecule is CC1CN(Cc2ccnc(C(N)=NO)c2)CC(C)S1. The third-order valence-electron chi connectivity index (χ3n) is 3.10. The van der Waals surface area contributed by atoms with Gasteiger partial charge in [0, 0.05) is 36.3 Å². The summed E-state index contributed by atoms with van der Waals surface area (Å²) in [6.07, 6.45) is 1.70. The topological polar surface area (TPSA) is 74.7 Å². The first-order valence-electron chi connectivity index (χ1n) is 6.39. The van der Waals surface area contributed by atoms with Crippen LogP contribution in [0.2, 0.25) is 0 Å². The number of hydrogen-bond donors (Lipinski definition) is 2. The first-order chi connectivity index (χ1) is 9.08. The Morgan fingerprint density at radius 3 is 2.84 bits per heavy atom. The molecule has 2 rings (SSSR count). The highest BCUT2D eigenvalue weighted by molar-refractivity contribution is 8.00. The maximum atomic E-state index is 8.68. The fourth-order valence-corrected chi connectivity index (χ4v) is 3.82. The second-order valence-corrected chi connectivity index (χ2v) is 6.87. The molecule has 19 heavy (non-hydrogen) atoms. The summed E-state index contributed by atoms with van der Waals surface area (Å²) in [7, 11) is 0. The van der Waals surface area contributed by atoms with Crippen molar-refractivity contribution in [3.8, 4) is 0 Å². The van der Waals surface area contributed by atoms with E-state index in [1.807, 2.05) is 23.9 Å². The molecule has 1 saturated heterocycles. The molecule has 5 nitrogen and oxygen atoms in total. The number of rotatable bonds is 3. The van der Waals surface area contributed by atoms with Crippen LogP contribution in [0, 0.1) is 0 Å². The van der Waals surface area contributed by atoms with E-state index in [1.165, 1.54) is 0 Å². The van der Waals surface area contributed by atoms with Crippen LogP contribution in [0.25, 0.3) is 0 Å². The van der Waals surface area contributed by atoms with Crippen LogP contribution in [0.3, 0.4) is 0 Å². The maximum Gasteiger partial charge on any atom is 0.188 e. The van der Waals surface area contributed by atoms with Crippen molar-refractivity contribution in [1.82, 2.24) is 9.88 Å². The predicted molar refractivity (Wildman–Crippen MR) is 78.5 cm³/mol. The van der Waals surface area contributed by atoms with Crippen molar-refractivity contribution in [1.29, 1.82) is 0 Å². The minimum absolute atomic E-state index is 0.0535. The van der Waals surface area contributed by atoms with Gasteiger partial charge in [-0.25, -0.2) is 0 Å². The van der Waals surface area contributed by atoms with E-state index in [2.05, 4.69) is 28.9 Å². The lowest BCUT2D eigenvalue weighted by molar-refractivity contribution is 0.263. The fraction of sp³-hybridized carbons (Fsp3) is 0.538. The first kappa shape index (κ1) is 14.1. The summed E-state index contributed by atoms with van der Waals surface area (Å²) in [5, 5.41) is 13.0. The molecule has 1 aliphatic heterocycles. The molecule has 1 aromatic heterocycles. The smallest absolute Gasteiger partial charge is 0.188 e. The molecular formula is C13H20N4OS. The molecule has 0 spiro atoms. The van der Waals surface area contributed by atoms with Gasteiger partial charge in [-0.1, -0.05) is 19.0 Å². The Hall–Kier alpha value is -1.27. The quantitative estimate of drug-likeness (QED) is 0.380. The van der Waals surface area contributed by atoms with Gasteiger partial charge in [-0.15, -0.1) is 0 Å². The van der Waals surface area contributed by atoms with E-state index in [4.69, 9.17) is 10.9 Å². The molecular weight excluding hydrogens is 260 g/mol. The van der Waals surface area contributed by atoms with Gasteiger partial charge in [0.1, 0.15) is 5.69 Å². The Kier molecular flexibility index (Phi) is 4.66. The molecule has 2 unspecified atom stereocenters. The molecule has 6 heteroatoms. The Morgan fingerprint density at radius 1 is 1.53 bits per heavy atom. The highest BCUT2D eigenvalue weighted by Gasteiger charge is 2.22. The van der Waals surface area contributed by atoms with Crippen molar-refractivity contribution in [2.45, 2.75) is 30.9 Å². The van der Waals surface area contributed by atoms with Gasteiger partial charge >= 0.3 is 0 Å². The van der Waals surface area contributed by atoms with E-state index in [-0.39, 0.29) is 5.84 Å². The molecule has 0 radical (unpaired) electrons. The summed E-state index contributed by atoms with van der Waals surface area (Å²) in [5.74, 6) is 0.0535. The summed E-state index contributed by atoms with van der Waals surface area (Å²) in [6.45, 7) is 7.60. The van der Waals surface area contributed by atoms with Crippen molar-refractivity contribution < 1.29 is 5.21 Å². The van der Waals surface area contributed by atoms with Crippen LogP contribution in [0.5, 0.6) is 0 Å². The Morgan fingerprint density at radius 2 is 2.21 bits per heavy atom. The van der Waals surface area contributed by atoms with E-state index in [0.29, 0.717) is 16.2 Å². The van der Waals surface area contributed by atoms with Gasteiger partial charge in [0.25, 0.3) is 0 Å². The molecule has 1 fully saturated rings. The first-order valence-corrected chi connectivity index (χ1v) is 7.33. The zero-order valence-electron chi connectivity index (χ0n) is 11.3.